The Morgan fingerprint density at radius 2 is 2.00 bits per heavy atom. The van der Waals surface area contributed by atoms with E-state index >= 15 is 0 Å². The number of hydrogen-bond donors (Lipinski definition) is 2. The Kier molecular flexibility index (Phi) is 2.73. The molecule has 0 bridgehead atoms. The highest BCUT2D eigenvalue weighted by atomic mass is 16.4. The van der Waals surface area contributed by atoms with Gasteiger partial charge in [-0.25, -0.2) is 4.79 Å². The van der Waals surface area contributed by atoms with Gasteiger partial charge in [-0.2, -0.15) is 0 Å². The highest BCUT2D eigenvalue weighted by Gasteiger charge is 2.26. The van der Waals surface area contributed by atoms with Crippen LogP contribution in [0.25, 0.3) is 0 Å². The predicted octanol–water partition coefficient (Wildman–Crippen LogP) is 2.07. The molecular formula is C12H14O3. The molecule has 0 amide bonds. The van der Waals surface area contributed by atoms with Gasteiger partial charge in [-0.05, 0) is 29.9 Å². The van der Waals surface area contributed by atoms with Crippen molar-refractivity contribution >= 4 is 5.97 Å². The van der Waals surface area contributed by atoms with E-state index < -0.39 is 12.1 Å². The first-order valence-corrected chi connectivity index (χ1v) is 5.20. The smallest absolute Gasteiger partial charge is 0.337 e. The van der Waals surface area contributed by atoms with Crippen molar-refractivity contribution in [3.8, 4) is 0 Å². The average Bonchev–Trinajstić information content (AvgIpc) is 2.15. The number of carboxylic acid groups (broad SMARTS) is 1. The van der Waals surface area contributed by atoms with Crippen LogP contribution in [0.1, 0.15) is 42.4 Å². The monoisotopic (exact) mass is 206 g/mol. The zero-order valence-electron chi connectivity index (χ0n) is 8.39. The lowest BCUT2D eigenvalue weighted by molar-refractivity contribution is -0.147. The fraction of sp³-hybridized carbons (Fsp3) is 0.417. The molecule has 2 rings (SSSR count). The molecule has 15 heavy (non-hydrogen) atoms. The van der Waals surface area contributed by atoms with Crippen LogP contribution in [-0.4, -0.2) is 16.2 Å². The molecule has 80 valence electrons. The van der Waals surface area contributed by atoms with Crippen LogP contribution < -0.4 is 0 Å². The first kappa shape index (κ1) is 10.2. The van der Waals surface area contributed by atoms with Gasteiger partial charge in [0.25, 0.3) is 0 Å². The van der Waals surface area contributed by atoms with Crippen LogP contribution in [0.4, 0.5) is 0 Å². The first-order valence-electron chi connectivity index (χ1n) is 5.20. The maximum atomic E-state index is 10.7. The lowest BCUT2D eigenvalue weighted by Gasteiger charge is -2.28. The van der Waals surface area contributed by atoms with Gasteiger partial charge in [0.2, 0.25) is 0 Å². The second-order valence-corrected chi connectivity index (χ2v) is 4.00. The Morgan fingerprint density at radius 3 is 2.53 bits per heavy atom. The minimum absolute atomic E-state index is 0.440. The van der Waals surface area contributed by atoms with Gasteiger partial charge in [-0.15, -0.1) is 0 Å². The molecule has 1 saturated carbocycles. The van der Waals surface area contributed by atoms with Gasteiger partial charge in [-0.1, -0.05) is 30.7 Å². The predicted molar refractivity (Wildman–Crippen MR) is 55.6 cm³/mol. The van der Waals surface area contributed by atoms with Crippen LogP contribution in [0.2, 0.25) is 0 Å². The van der Waals surface area contributed by atoms with Crippen molar-refractivity contribution in [2.75, 3.05) is 0 Å². The summed E-state index contributed by atoms with van der Waals surface area (Å²) in [5.74, 6) is -0.739. The zero-order chi connectivity index (χ0) is 10.8. The van der Waals surface area contributed by atoms with Gasteiger partial charge in [0.15, 0.2) is 6.10 Å². The van der Waals surface area contributed by atoms with Crippen LogP contribution in [0.3, 0.4) is 0 Å². The highest BCUT2D eigenvalue weighted by Crippen LogP contribution is 2.39. The summed E-state index contributed by atoms with van der Waals surface area (Å²) in [7, 11) is 0. The molecule has 0 aliphatic heterocycles. The Balaban J connectivity index is 2.32. The summed E-state index contributed by atoms with van der Waals surface area (Å²) in [5.41, 5.74) is 1.55. The van der Waals surface area contributed by atoms with E-state index in [1.165, 1.54) is 6.42 Å². The van der Waals surface area contributed by atoms with Crippen molar-refractivity contribution in [2.45, 2.75) is 31.3 Å². The number of aliphatic hydroxyl groups is 1. The molecule has 2 N–H and O–H groups in total. The van der Waals surface area contributed by atoms with Crippen molar-refractivity contribution in [3.63, 3.8) is 0 Å². The van der Waals surface area contributed by atoms with E-state index in [4.69, 9.17) is 5.11 Å². The Bertz CT molecular complexity index is 369. The van der Waals surface area contributed by atoms with Gasteiger partial charge in [0.05, 0.1) is 0 Å². The summed E-state index contributed by atoms with van der Waals surface area (Å²) >= 11 is 0. The largest absolute Gasteiger partial charge is 0.479 e. The van der Waals surface area contributed by atoms with E-state index in [2.05, 4.69) is 0 Å². The van der Waals surface area contributed by atoms with Gasteiger partial charge in [0.1, 0.15) is 0 Å². The minimum atomic E-state index is -1.39. The third kappa shape index (κ3) is 1.88. The molecule has 0 aromatic heterocycles. The lowest BCUT2D eigenvalue weighted by Crippen LogP contribution is -2.17. The highest BCUT2D eigenvalue weighted by molar-refractivity contribution is 5.74. The van der Waals surface area contributed by atoms with Crippen molar-refractivity contribution in [2.24, 2.45) is 0 Å². The maximum absolute atomic E-state index is 10.7. The van der Waals surface area contributed by atoms with E-state index in [0.717, 1.165) is 18.4 Å². The molecule has 1 unspecified atom stereocenters. The number of aliphatic hydroxyl groups excluding tert-OH is 1. The molecular weight excluding hydrogens is 192 g/mol. The van der Waals surface area contributed by atoms with E-state index in [9.17, 15) is 9.90 Å². The van der Waals surface area contributed by atoms with E-state index in [0.29, 0.717) is 11.5 Å². The summed E-state index contributed by atoms with van der Waals surface area (Å²) in [6, 6.07) is 7.28. The Morgan fingerprint density at radius 1 is 1.33 bits per heavy atom. The molecule has 0 radical (unpaired) electrons. The fourth-order valence-electron chi connectivity index (χ4n) is 1.98. The fourth-order valence-corrected chi connectivity index (χ4v) is 1.98. The van der Waals surface area contributed by atoms with Gasteiger partial charge in [-0.3, -0.25) is 0 Å². The Hall–Kier alpha value is -1.35. The zero-order valence-corrected chi connectivity index (χ0v) is 8.39. The summed E-state index contributed by atoms with van der Waals surface area (Å²) in [4.78, 5) is 10.7. The molecule has 1 aromatic carbocycles. The molecule has 0 saturated heterocycles. The quantitative estimate of drug-likeness (QED) is 0.796. The van der Waals surface area contributed by atoms with Gasteiger partial charge >= 0.3 is 5.97 Å². The molecule has 1 aliphatic carbocycles. The lowest BCUT2D eigenvalue weighted by atomic mass is 9.77. The van der Waals surface area contributed by atoms with Crippen LogP contribution in [0.5, 0.6) is 0 Å². The minimum Gasteiger partial charge on any atom is -0.479 e. The van der Waals surface area contributed by atoms with E-state index in [1.807, 2.05) is 12.1 Å². The normalized spacial score (nSPS) is 18.2. The topological polar surface area (TPSA) is 57.5 Å². The van der Waals surface area contributed by atoms with Crippen LogP contribution in [-0.2, 0) is 4.79 Å². The number of benzene rings is 1. The molecule has 3 nitrogen and oxygen atoms in total. The SMILES string of the molecule is O=C(O)C(O)c1ccccc1C1CCC1. The summed E-state index contributed by atoms with van der Waals surface area (Å²) < 4.78 is 0. The molecule has 3 heteroatoms. The van der Waals surface area contributed by atoms with Crippen molar-refractivity contribution in [1.29, 1.82) is 0 Å². The van der Waals surface area contributed by atoms with E-state index in [-0.39, 0.29) is 0 Å². The van der Waals surface area contributed by atoms with E-state index in [1.54, 1.807) is 12.1 Å². The molecule has 1 atom stereocenters. The van der Waals surface area contributed by atoms with Crippen molar-refractivity contribution in [3.05, 3.63) is 35.4 Å². The second-order valence-electron chi connectivity index (χ2n) is 4.00. The van der Waals surface area contributed by atoms with Gasteiger partial charge < -0.3 is 10.2 Å². The molecule has 0 spiro atoms. The van der Waals surface area contributed by atoms with Crippen LogP contribution in [0, 0.1) is 0 Å². The maximum Gasteiger partial charge on any atom is 0.337 e. The average molecular weight is 206 g/mol. The second kappa shape index (κ2) is 4.03. The van der Waals surface area contributed by atoms with Crippen LogP contribution >= 0.6 is 0 Å². The van der Waals surface area contributed by atoms with Crippen LogP contribution in [0.15, 0.2) is 24.3 Å². The third-order valence-electron chi connectivity index (χ3n) is 3.07. The number of aliphatic carboxylic acids is 1. The standard InChI is InChI=1S/C12H14O3/c13-11(12(14)15)10-7-2-1-6-9(10)8-4-3-5-8/h1-2,6-8,11,13H,3-5H2,(H,14,15). The summed E-state index contributed by atoms with van der Waals surface area (Å²) in [6.07, 6.45) is 2.01. The van der Waals surface area contributed by atoms with Crippen molar-refractivity contribution < 1.29 is 15.0 Å². The number of carboxylic acids is 1. The Labute approximate surface area is 88.4 Å². The molecule has 1 aliphatic rings. The molecule has 0 heterocycles. The first-order chi connectivity index (χ1) is 7.20. The van der Waals surface area contributed by atoms with Crippen molar-refractivity contribution in [1.82, 2.24) is 0 Å². The number of carbonyl (C=O) groups is 1. The third-order valence-corrected chi connectivity index (χ3v) is 3.07. The summed E-state index contributed by atoms with van der Waals surface area (Å²) in [5, 5.41) is 18.3. The summed E-state index contributed by atoms with van der Waals surface area (Å²) in [6.45, 7) is 0. The molecule has 1 aromatic rings. The van der Waals surface area contributed by atoms with Gasteiger partial charge in [0, 0.05) is 0 Å². The molecule has 1 fully saturated rings. The number of hydrogen-bond acceptors (Lipinski definition) is 2. The number of rotatable bonds is 3.